The van der Waals surface area contributed by atoms with Gasteiger partial charge in [0.25, 0.3) is 0 Å². The van der Waals surface area contributed by atoms with Gasteiger partial charge in [0, 0.05) is 6.04 Å². The molecule has 0 saturated carbocycles. The summed E-state index contributed by atoms with van der Waals surface area (Å²) >= 11 is 0. The Morgan fingerprint density at radius 2 is 2.00 bits per heavy atom. The summed E-state index contributed by atoms with van der Waals surface area (Å²) in [7, 11) is 0. The van der Waals surface area contributed by atoms with Crippen molar-refractivity contribution in [3.8, 4) is 5.75 Å². The Morgan fingerprint density at radius 3 is 2.56 bits per heavy atom. The van der Waals surface area contributed by atoms with E-state index in [1.54, 1.807) is 18.2 Å². The summed E-state index contributed by atoms with van der Waals surface area (Å²) in [6.45, 7) is 4.50. The lowest BCUT2D eigenvalue weighted by Crippen LogP contribution is -2.34. The van der Waals surface area contributed by atoms with Crippen LogP contribution in [0.3, 0.4) is 0 Å². The molecule has 1 aromatic rings. The molecule has 2 nitrogen and oxygen atoms in total. The topological polar surface area (TPSA) is 35.2 Å². The first kappa shape index (κ1) is 15.2. The average molecular weight is 248 g/mol. The van der Waals surface area contributed by atoms with E-state index in [0.717, 1.165) is 6.42 Å². The fourth-order valence-electron chi connectivity index (χ4n) is 1.21. The maximum absolute atomic E-state index is 13.2. The second-order valence-corrected chi connectivity index (χ2v) is 3.79. The fourth-order valence-corrected chi connectivity index (χ4v) is 1.21. The summed E-state index contributed by atoms with van der Waals surface area (Å²) in [6.07, 6.45) is 1.00. The van der Waals surface area contributed by atoms with Gasteiger partial charge in [0.1, 0.15) is 6.61 Å². The summed E-state index contributed by atoms with van der Waals surface area (Å²) in [5.41, 5.74) is 5.88. The van der Waals surface area contributed by atoms with Crippen molar-refractivity contribution >= 4 is 12.4 Å². The number of halogens is 2. The molecule has 0 radical (unpaired) electrons. The largest absolute Gasteiger partial charge is 0.489 e. The van der Waals surface area contributed by atoms with Gasteiger partial charge in [0.05, 0.1) is 0 Å². The third-order valence-corrected chi connectivity index (χ3v) is 2.64. The van der Waals surface area contributed by atoms with E-state index >= 15 is 0 Å². The molecule has 0 bridgehead atoms. The molecule has 1 rings (SSSR count). The number of ether oxygens (including phenoxy) is 1. The molecule has 0 saturated heterocycles. The van der Waals surface area contributed by atoms with Crippen LogP contribution < -0.4 is 10.5 Å². The Bertz CT molecular complexity index is 309. The lowest BCUT2D eigenvalue weighted by Gasteiger charge is -2.18. The van der Waals surface area contributed by atoms with Crippen LogP contribution in [0.5, 0.6) is 5.75 Å². The normalized spacial score (nSPS) is 13.8. The van der Waals surface area contributed by atoms with Crippen LogP contribution in [0, 0.1) is 11.7 Å². The van der Waals surface area contributed by atoms with Crippen molar-refractivity contribution in [1.82, 2.24) is 0 Å². The van der Waals surface area contributed by atoms with E-state index in [9.17, 15) is 4.39 Å². The molecule has 4 heteroatoms. The summed E-state index contributed by atoms with van der Waals surface area (Å²) in [6, 6.07) is 6.32. The number of benzene rings is 1. The smallest absolute Gasteiger partial charge is 0.165 e. The zero-order valence-electron chi connectivity index (χ0n) is 9.65. The number of hydrogen-bond acceptors (Lipinski definition) is 2. The molecule has 0 aliphatic heterocycles. The monoisotopic (exact) mass is 247 g/mol. The van der Waals surface area contributed by atoms with Crippen LogP contribution in [0.15, 0.2) is 24.3 Å². The second kappa shape index (κ2) is 7.47. The van der Waals surface area contributed by atoms with Crippen molar-refractivity contribution in [2.24, 2.45) is 11.7 Å². The molecule has 92 valence electrons. The minimum atomic E-state index is -0.339. The molecular weight excluding hydrogens is 229 g/mol. The highest BCUT2D eigenvalue weighted by molar-refractivity contribution is 5.85. The Balaban J connectivity index is 0.00000225. The van der Waals surface area contributed by atoms with E-state index in [-0.39, 0.29) is 30.0 Å². The standard InChI is InChI=1S/C12H18FNO.ClH/c1-3-9(2)11(14)8-15-12-7-5-4-6-10(12)13;/h4-7,9,11H,3,8,14H2,1-2H3;1H. The Kier molecular flexibility index (Phi) is 7.10. The lowest BCUT2D eigenvalue weighted by atomic mass is 10.0. The molecule has 2 unspecified atom stereocenters. The second-order valence-electron chi connectivity index (χ2n) is 3.79. The third kappa shape index (κ3) is 4.37. The predicted octanol–water partition coefficient (Wildman–Crippen LogP) is 3.00. The number of nitrogens with two attached hydrogens (primary N) is 1. The SMILES string of the molecule is CCC(C)C(N)COc1ccccc1F.Cl. The van der Waals surface area contributed by atoms with E-state index in [1.807, 2.05) is 0 Å². The van der Waals surface area contributed by atoms with Gasteiger partial charge in [-0.3, -0.25) is 0 Å². The Hall–Kier alpha value is -0.800. The Labute approximate surface area is 102 Å². The van der Waals surface area contributed by atoms with Gasteiger partial charge < -0.3 is 10.5 Å². The molecule has 2 N–H and O–H groups in total. The van der Waals surface area contributed by atoms with E-state index in [1.165, 1.54) is 6.07 Å². The van der Waals surface area contributed by atoms with E-state index in [2.05, 4.69) is 13.8 Å². The molecule has 0 spiro atoms. The number of rotatable bonds is 5. The third-order valence-electron chi connectivity index (χ3n) is 2.64. The molecule has 1 aromatic carbocycles. The molecule has 0 heterocycles. The van der Waals surface area contributed by atoms with Gasteiger partial charge in [-0.2, -0.15) is 0 Å². The van der Waals surface area contributed by atoms with Gasteiger partial charge in [-0.25, -0.2) is 4.39 Å². The van der Waals surface area contributed by atoms with Crippen molar-refractivity contribution < 1.29 is 9.13 Å². The fraction of sp³-hybridized carbons (Fsp3) is 0.500. The summed E-state index contributed by atoms with van der Waals surface area (Å²) < 4.78 is 18.5. The zero-order chi connectivity index (χ0) is 11.3. The van der Waals surface area contributed by atoms with Crippen molar-refractivity contribution in [3.05, 3.63) is 30.1 Å². The first-order valence-electron chi connectivity index (χ1n) is 5.28. The quantitative estimate of drug-likeness (QED) is 0.868. The van der Waals surface area contributed by atoms with Gasteiger partial charge in [-0.15, -0.1) is 12.4 Å². The molecule has 16 heavy (non-hydrogen) atoms. The highest BCUT2D eigenvalue weighted by Gasteiger charge is 2.12. The molecule has 0 aliphatic rings. The number of para-hydroxylation sites is 1. The van der Waals surface area contributed by atoms with Crippen molar-refractivity contribution in [2.75, 3.05) is 6.61 Å². The van der Waals surface area contributed by atoms with Crippen LogP contribution in [-0.2, 0) is 0 Å². The van der Waals surface area contributed by atoms with Crippen LogP contribution >= 0.6 is 12.4 Å². The van der Waals surface area contributed by atoms with Crippen LogP contribution in [0.25, 0.3) is 0 Å². The van der Waals surface area contributed by atoms with Crippen LogP contribution in [0.1, 0.15) is 20.3 Å². The minimum Gasteiger partial charge on any atom is -0.489 e. The lowest BCUT2D eigenvalue weighted by molar-refractivity contribution is 0.241. The predicted molar refractivity (Wildman–Crippen MR) is 66.6 cm³/mol. The molecule has 2 atom stereocenters. The van der Waals surface area contributed by atoms with E-state index < -0.39 is 0 Å². The van der Waals surface area contributed by atoms with Gasteiger partial charge >= 0.3 is 0 Å². The zero-order valence-corrected chi connectivity index (χ0v) is 10.5. The summed E-state index contributed by atoms with van der Waals surface area (Å²) in [5, 5.41) is 0. The molecule has 0 amide bonds. The van der Waals surface area contributed by atoms with Crippen LogP contribution in [-0.4, -0.2) is 12.6 Å². The van der Waals surface area contributed by atoms with Gasteiger partial charge in [-0.1, -0.05) is 32.4 Å². The van der Waals surface area contributed by atoms with Crippen molar-refractivity contribution in [3.63, 3.8) is 0 Å². The van der Waals surface area contributed by atoms with Crippen molar-refractivity contribution in [1.29, 1.82) is 0 Å². The number of hydrogen-bond donors (Lipinski definition) is 1. The van der Waals surface area contributed by atoms with Crippen LogP contribution in [0.2, 0.25) is 0 Å². The van der Waals surface area contributed by atoms with E-state index in [4.69, 9.17) is 10.5 Å². The molecule has 0 aliphatic carbocycles. The van der Waals surface area contributed by atoms with Crippen molar-refractivity contribution in [2.45, 2.75) is 26.3 Å². The highest BCUT2D eigenvalue weighted by atomic mass is 35.5. The summed E-state index contributed by atoms with van der Waals surface area (Å²) in [4.78, 5) is 0. The molecular formula is C12H19ClFNO. The highest BCUT2D eigenvalue weighted by Crippen LogP contribution is 2.16. The summed E-state index contributed by atoms with van der Waals surface area (Å²) in [5.74, 6) is 0.321. The van der Waals surface area contributed by atoms with Gasteiger partial charge in [0.15, 0.2) is 11.6 Å². The first-order valence-corrected chi connectivity index (χ1v) is 5.28. The maximum Gasteiger partial charge on any atom is 0.165 e. The molecule has 0 aromatic heterocycles. The maximum atomic E-state index is 13.2. The average Bonchev–Trinajstić information content (AvgIpc) is 2.26. The van der Waals surface area contributed by atoms with Gasteiger partial charge in [-0.05, 0) is 18.1 Å². The molecule has 0 fully saturated rings. The minimum absolute atomic E-state index is 0. The first-order chi connectivity index (χ1) is 7.15. The van der Waals surface area contributed by atoms with E-state index in [0.29, 0.717) is 12.5 Å². The van der Waals surface area contributed by atoms with Crippen LogP contribution in [0.4, 0.5) is 4.39 Å². The van der Waals surface area contributed by atoms with Gasteiger partial charge in [0.2, 0.25) is 0 Å². The Morgan fingerprint density at radius 1 is 1.38 bits per heavy atom.